The molecule has 0 spiro atoms. The van der Waals surface area contributed by atoms with Crippen LogP contribution in [0.3, 0.4) is 0 Å². The average Bonchev–Trinajstić information content (AvgIpc) is 3.37. The number of hydrogen-bond donors (Lipinski definition) is 1. The lowest BCUT2D eigenvalue weighted by atomic mass is 9.95. The van der Waals surface area contributed by atoms with Gasteiger partial charge in [0, 0.05) is 34.6 Å². The van der Waals surface area contributed by atoms with Crippen molar-refractivity contribution in [2.75, 3.05) is 4.90 Å². The average molecular weight is 463 g/mol. The Morgan fingerprint density at radius 1 is 1.09 bits per heavy atom. The molecule has 1 aliphatic rings. The largest absolute Gasteiger partial charge is 0.351 e. The van der Waals surface area contributed by atoms with Gasteiger partial charge in [-0.05, 0) is 43.3 Å². The number of nitrogens with zero attached hydrogens (tertiary/aromatic N) is 3. The minimum atomic E-state index is -0.899. The maximum Gasteiger partial charge on any atom is 0.279 e. The van der Waals surface area contributed by atoms with Crippen molar-refractivity contribution in [2.45, 2.75) is 51.1 Å². The molecule has 8 heteroatoms. The van der Waals surface area contributed by atoms with Crippen molar-refractivity contribution < 1.29 is 14.4 Å². The van der Waals surface area contributed by atoms with E-state index in [0.29, 0.717) is 11.3 Å². The van der Waals surface area contributed by atoms with Crippen LogP contribution in [0.25, 0.3) is 0 Å². The van der Waals surface area contributed by atoms with Crippen LogP contribution in [-0.2, 0) is 4.79 Å². The standard InChI is InChI=1S/C25H26N4O3S/c1-17(30)18-7-5-10-20(15-18)29(25(32)21-16-26-12-13-27-21)23(22-11-6-14-33-22)24(31)28-19-8-3-2-4-9-19/h5-7,10-16,19,23H,2-4,8-9H2,1H3,(H,28,31)/t23-/m1/s1. The first-order valence-electron chi connectivity index (χ1n) is 11.1. The molecule has 2 heterocycles. The third-order valence-corrected chi connectivity index (χ3v) is 6.73. The molecule has 7 nitrogen and oxygen atoms in total. The van der Waals surface area contributed by atoms with Gasteiger partial charge in [-0.25, -0.2) is 4.98 Å². The van der Waals surface area contributed by atoms with Crippen molar-refractivity contribution in [3.63, 3.8) is 0 Å². The van der Waals surface area contributed by atoms with Crippen molar-refractivity contribution in [2.24, 2.45) is 0 Å². The Bertz CT molecular complexity index is 1110. The van der Waals surface area contributed by atoms with Gasteiger partial charge in [0.15, 0.2) is 11.8 Å². The molecule has 3 aromatic rings. The molecule has 0 aliphatic heterocycles. The van der Waals surface area contributed by atoms with Crippen LogP contribution in [0.1, 0.15) is 70.8 Å². The fraction of sp³-hybridized carbons (Fsp3) is 0.320. The molecule has 1 saturated carbocycles. The highest BCUT2D eigenvalue weighted by Crippen LogP contribution is 2.33. The zero-order chi connectivity index (χ0) is 23.2. The smallest absolute Gasteiger partial charge is 0.279 e. The van der Waals surface area contributed by atoms with Gasteiger partial charge in [-0.2, -0.15) is 0 Å². The van der Waals surface area contributed by atoms with Crippen LogP contribution in [0, 0.1) is 0 Å². The summed E-state index contributed by atoms with van der Waals surface area (Å²) in [5.41, 5.74) is 1.04. The van der Waals surface area contributed by atoms with E-state index >= 15 is 0 Å². The number of aromatic nitrogens is 2. The predicted molar refractivity (Wildman–Crippen MR) is 127 cm³/mol. The van der Waals surface area contributed by atoms with Gasteiger partial charge >= 0.3 is 0 Å². The molecule has 0 saturated heterocycles. The molecule has 2 aromatic heterocycles. The Morgan fingerprint density at radius 3 is 2.58 bits per heavy atom. The van der Waals surface area contributed by atoms with E-state index in [2.05, 4.69) is 15.3 Å². The van der Waals surface area contributed by atoms with Gasteiger partial charge < -0.3 is 5.32 Å². The molecule has 0 bridgehead atoms. The molecule has 1 atom stereocenters. The van der Waals surface area contributed by atoms with E-state index in [1.165, 1.54) is 48.2 Å². The van der Waals surface area contributed by atoms with Crippen molar-refractivity contribution in [3.8, 4) is 0 Å². The Kier molecular flexibility index (Phi) is 7.24. The summed E-state index contributed by atoms with van der Waals surface area (Å²) in [5, 5.41) is 5.05. The van der Waals surface area contributed by atoms with Gasteiger partial charge in [0.2, 0.25) is 5.91 Å². The summed E-state index contributed by atoms with van der Waals surface area (Å²) in [7, 11) is 0. The van der Waals surface area contributed by atoms with Crippen molar-refractivity contribution in [3.05, 3.63) is 76.5 Å². The zero-order valence-corrected chi connectivity index (χ0v) is 19.3. The first-order valence-corrected chi connectivity index (χ1v) is 12.0. The lowest BCUT2D eigenvalue weighted by Crippen LogP contribution is -2.47. The molecule has 1 aliphatic carbocycles. The molecule has 1 aromatic carbocycles. The van der Waals surface area contributed by atoms with E-state index in [9.17, 15) is 14.4 Å². The van der Waals surface area contributed by atoms with E-state index < -0.39 is 11.9 Å². The van der Waals surface area contributed by atoms with Crippen LogP contribution in [0.4, 0.5) is 5.69 Å². The highest BCUT2D eigenvalue weighted by Gasteiger charge is 2.36. The molecular weight excluding hydrogens is 436 g/mol. The number of carbonyl (C=O) groups excluding carboxylic acids is 3. The second-order valence-electron chi connectivity index (χ2n) is 8.13. The normalized spacial score (nSPS) is 14.9. The Labute approximate surface area is 196 Å². The number of amides is 2. The summed E-state index contributed by atoms with van der Waals surface area (Å²) in [6.45, 7) is 1.47. The van der Waals surface area contributed by atoms with E-state index in [0.717, 1.165) is 30.6 Å². The van der Waals surface area contributed by atoms with Crippen molar-refractivity contribution >= 4 is 34.6 Å². The van der Waals surface area contributed by atoms with Gasteiger partial charge in [-0.1, -0.05) is 37.5 Å². The quantitative estimate of drug-likeness (QED) is 0.519. The Morgan fingerprint density at radius 2 is 1.91 bits per heavy atom. The number of Topliss-reactive ketones (excluding diaryl/α,β-unsaturated/α-hetero) is 1. The SMILES string of the molecule is CC(=O)c1cccc(N(C(=O)c2cnccn2)[C@@H](C(=O)NC2CCCCC2)c2cccs2)c1. The van der Waals surface area contributed by atoms with E-state index in [4.69, 9.17) is 0 Å². The van der Waals surface area contributed by atoms with Gasteiger partial charge in [0.05, 0.1) is 6.20 Å². The summed E-state index contributed by atoms with van der Waals surface area (Å²) in [4.78, 5) is 49.8. The molecule has 4 rings (SSSR count). The van der Waals surface area contributed by atoms with Crippen LogP contribution in [-0.4, -0.2) is 33.6 Å². The first kappa shape index (κ1) is 22.8. The molecule has 1 N–H and O–H groups in total. The third kappa shape index (κ3) is 5.34. The van der Waals surface area contributed by atoms with Crippen LogP contribution in [0.15, 0.2) is 60.4 Å². The number of hydrogen-bond acceptors (Lipinski definition) is 6. The zero-order valence-electron chi connectivity index (χ0n) is 18.4. The summed E-state index contributed by atoms with van der Waals surface area (Å²) < 4.78 is 0. The minimum Gasteiger partial charge on any atom is -0.351 e. The number of thiophene rings is 1. The second-order valence-corrected chi connectivity index (χ2v) is 9.11. The van der Waals surface area contributed by atoms with Crippen LogP contribution >= 0.6 is 11.3 Å². The molecule has 1 fully saturated rings. The maximum atomic E-state index is 13.7. The highest BCUT2D eigenvalue weighted by molar-refractivity contribution is 7.10. The van der Waals surface area contributed by atoms with E-state index in [1.807, 2.05) is 17.5 Å². The monoisotopic (exact) mass is 462 g/mol. The molecule has 33 heavy (non-hydrogen) atoms. The Hall–Kier alpha value is -3.39. The number of nitrogens with one attached hydrogen (secondary N) is 1. The number of rotatable bonds is 7. The van der Waals surface area contributed by atoms with Crippen molar-refractivity contribution in [1.29, 1.82) is 0 Å². The molecule has 0 radical (unpaired) electrons. The maximum absolute atomic E-state index is 13.7. The number of carbonyl (C=O) groups is 3. The summed E-state index contributed by atoms with van der Waals surface area (Å²) in [5.74, 6) is -0.820. The number of anilines is 1. The van der Waals surface area contributed by atoms with Gasteiger partial charge in [-0.3, -0.25) is 24.3 Å². The molecule has 0 unspecified atom stereocenters. The predicted octanol–water partition coefficient (Wildman–Crippen LogP) is 4.58. The second kappa shape index (κ2) is 10.5. The van der Waals surface area contributed by atoms with Gasteiger partial charge in [0.1, 0.15) is 5.69 Å². The topological polar surface area (TPSA) is 92.3 Å². The van der Waals surface area contributed by atoms with Crippen LogP contribution in [0.5, 0.6) is 0 Å². The number of ketones is 1. The van der Waals surface area contributed by atoms with E-state index in [-0.39, 0.29) is 23.4 Å². The molecular formula is C25H26N4O3S. The lowest BCUT2D eigenvalue weighted by molar-refractivity contribution is -0.123. The summed E-state index contributed by atoms with van der Waals surface area (Å²) >= 11 is 1.41. The third-order valence-electron chi connectivity index (χ3n) is 5.80. The Balaban J connectivity index is 1.79. The fourth-order valence-electron chi connectivity index (χ4n) is 4.14. The first-order chi connectivity index (χ1) is 16.0. The minimum absolute atomic E-state index is 0.0886. The van der Waals surface area contributed by atoms with Crippen molar-refractivity contribution in [1.82, 2.24) is 15.3 Å². The highest BCUT2D eigenvalue weighted by atomic mass is 32.1. The molecule has 2 amide bonds. The lowest BCUT2D eigenvalue weighted by Gasteiger charge is -2.32. The molecule has 170 valence electrons. The fourth-order valence-corrected chi connectivity index (χ4v) is 4.95. The van der Waals surface area contributed by atoms with Crippen LogP contribution in [0.2, 0.25) is 0 Å². The van der Waals surface area contributed by atoms with Gasteiger partial charge in [0.25, 0.3) is 5.91 Å². The van der Waals surface area contributed by atoms with Crippen LogP contribution < -0.4 is 10.2 Å². The summed E-state index contributed by atoms with van der Waals surface area (Å²) in [6, 6.07) is 9.68. The summed E-state index contributed by atoms with van der Waals surface area (Å²) in [6.07, 6.45) is 9.52. The van der Waals surface area contributed by atoms with Gasteiger partial charge in [-0.15, -0.1) is 11.3 Å². The number of benzene rings is 1. The van der Waals surface area contributed by atoms with E-state index in [1.54, 1.807) is 24.3 Å².